The zero-order chi connectivity index (χ0) is 15.3. The Kier molecular flexibility index (Phi) is 5.74. The lowest BCUT2D eigenvalue weighted by molar-refractivity contribution is 0.0109. The zero-order valence-electron chi connectivity index (χ0n) is 11.6. The Morgan fingerprint density at radius 2 is 2.15 bits per heavy atom. The highest BCUT2D eigenvalue weighted by Gasteiger charge is 2.23. The Hall–Kier alpha value is -1.37. The minimum atomic E-state index is -1.29. The predicted octanol–water partition coefficient (Wildman–Crippen LogP) is 1.65. The second-order valence-electron chi connectivity index (χ2n) is 5.27. The van der Waals surface area contributed by atoms with E-state index in [9.17, 15) is 15.0 Å². The first kappa shape index (κ1) is 16.7. The number of alkyl carbamates (subject to hydrolysis) is 1. The van der Waals surface area contributed by atoms with Gasteiger partial charge in [0.2, 0.25) is 0 Å². The lowest BCUT2D eigenvalue weighted by Crippen LogP contribution is -2.39. The number of aliphatic hydroxyl groups excluding tert-OH is 2. The number of halogens is 1. The molecule has 0 saturated carbocycles. The number of hydrogen-bond acceptors (Lipinski definition) is 5. The van der Waals surface area contributed by atoms with Crippen LogP contribution in [0, 0.1) is 0 Å². The van der Waals surface area contributed by atoms with Crippen LogP contribution in [-0.2, 0) is 4.74 Å². The van der Waals surface area contributed by atoms with E-state index in [1.54, 1.807) is 32.9 Å². The lowest BCUT2D eigenvalue weighted by atomic mass is 10.1. The predicted molar refractivity (Wildman–Crippen MR) is 74.5 cm³/mol. The van der Waals surface area contributed by atoms with Crippen LogP contribution < -0.4 is 5.32 Å². The van der Waals surface area contributed by atoms with E-state index in [-0.39, 0.29) is 17.3 Å². The maximum atomic E-state index is 11.4. The highest BCUT2D eigenvalue weighted by molar-refractivity contribution is 6.31. The average molecular weight is 303 g/mol. The van der Waals surface area contributed by atoms with Crippen molar-refractivity contribution in [3.63, 3.8) is 0 Å². The summed E-state index contributed by atoms with van der Waals surface area (Å²) < 4.78 is 5.01. The van der Waals surface area contributed by atoms with Crippen LogP contribution in [0.3, 0.4) is 0 Å². The molecule has 112 valence electrons. The Morgan fingerprint density at radius 3 is 2.70 bits per heavy atom. The van der Waals surface area contributed by atoms with Crippen molar-refractivity contribution < 1.29 is 19.7 Å². The fourth-order valence-electron chi connectivity index (χ4n) is 1.41. The molecule has 0 aromatic carbocycles. The molecule has 2 atom stereocenters. The Labute approximate surface area is 122 Å². The highest BCUT2D eigenvalue weighted by atomic mass is 35.5. The number of nitrogens with one attached hydrogen (secondary N) is 1. The Bertz CT molecular complexity index is 462. The molecule has 2 unspecified atom stereocenters. The summed E-state index contributed by atoms with van der Waals surface area (Å²) in [4.78, 5) is 15.3. The van der Waals surface area contributed by atoms with Crippen molar-refractivity contribution in [3.8, 4) is 0 Å². The first-order valence-corrected chi connectivity index (χ1v) is 6.52. The largest absolute Gasteiger partial charge is 0.444 e. The van der Waals surface area contributed by atoms with E-state index >= 15 is 0 Å². The molecule has 0 bridgehead atoms. The van der Waals surface area contributed by atoms with E-state index in [0.717, 1.165) is 0 Å². The lowest BCUT2D eigenvalue weighted by Gasteiger charge is -2.22. The second-order valence-corrected chi connectivity index (χ2v) is 5.67. The molecule has 3 N–H and O–H groups in total. The first-order chi connectivity index (χ1) is 9.20. The summed E-state index contributed by atoms with van der Waals surface area (Å²) in [6.45, 7) is 5.01. The standard InChI is InChI=1S/C13H19ClN2O4/c1-13(2,3)20-12(19)16-7-9(17)11(18)10-8(14)5-4-6-15-10/h4-6,9,11,17-18H,7H2,1-3H3,(H,16,19). The summed E-state index contributed by atoms with van der Waals surface area (Å²) in [6, 6.07) is 3.17. The molecule has 0 saturated heterocycles. The summed E-state index contributed by atoms with van der Waals surface area (Å²) in [6.07, 6.45) is -1.75. The molecule has 1 heterocycles. The van der Waals surface area contributed by atoms with Crippen LogP contribution >= 0.6 is 11.6 Å². The fourth-order valence-corrected chi connectivity index (χ4v) is 1.64. The Balaban J connectivity index is 2.53. The molecule has 0 fully saturated rings. The number of rotatable bonds is 4. The van der Waals surface area contributed by atoms with Gasteiger partial charge in [-0.3, -0.25) is 4.98 Å². The maximum absolute atomic E-state index is 11.4. The molecule has 0 radical (unpaired) electrons. The number of ether oxygens (including phenoxy) is 1. The van der Waals surface area contributed by atoms with Crippen LogP contribution in [0.25, 0.3) is 0 Å². The molecule has 7 heteroatoms. The Morgan fingerprint density at radius 1 is 1.50 bits per heavy atom. The monoisotopic (exact) mass is 302 g/mol. The van der Waals surface area contributed by atoms with Gasteiger partial charge in [-0.15, -0.1) is 0 Å². The number of pyridine rings is 1. The van der Waals surface area contributed by atoms with Crippen LogP contribution in [-0.4, -0.2) is 39.5 Å². The van der Waals surface area contributed by atoms with Gasteiger partial charge in [-0.25, -0.2) is 4.79 Å². The zero-order valence-corrected chi connectivity index (χ0v) is 12.4. The molecule has 0 aliphatic heterocycles. The van der Waals surface area contributed by atoms with Gasteiger partial charge in [0.25, 0.3) is 0 Å². The van der Waals surface area contributed by atoms with Crippen molar-refractivity contribution in [1.29, 1.82) is 0 Å². The summed E-state index contributed by atoms with van der Waals surface area (Å²) >= 11 is 5.87. The molecule has 20 heavy (non-hydrogen) atoms. The van der Waals surface area contributed by atoms with E-state index in [2.05, 4.69) is 10.3 Å². The first-order valence-electron chi connectivity index (χ1n) is 6.14. The van der Waals surface area contributed by atoms with Crippen LogP contribution in [0.4, 0.5) is 4.79 Å². The number of hydrogen-bond donors (Lipinski definition) is 3. The topological polar surface area (TPSA) is 91.7 Å². The van der Waals surface area contributed by atoms with Gasteiger partial charge >= 0.3 is 6.09 Å². The summed E-state index contributed by atoms with van der Waals surface area (Å²) in [5, 5.41) is 22.4. The van der Waals surface area contributed by atoms with Crippen molar-refractivity contribution >= 4 is 17.7 Å². The van der Waals surface area contributed by atoms with Crippen molar-refractivity contribution in [1.82, 2.24) is 10.3 Å². The molecule has 0 spiro atoms. The van der Waals surface area contributed by atoms with Crippen molar-refractivity contribution in [2.45, 2.75) is 38.6 Å². The van der Waals surface area contributed by atoms with Crippen LogP contribution in [0.1, 0.15) is 32.6 Å². The van der Waals surface area contributed by atoms with Gasteiger partial charge in [-0.2, -0.15) is 0 Å². The van der Waals surface area contributed by atoms with Gasteiger partial charge in [-0.05, 0) is 32.9 Å². The molecule has 6 nitrogen and oxygen atoms in total. The highest BCUT2D eigenvalue weighted by Crippen LogP contribution is 2.22. The van der Waals surface area contributed by atoms with Crippen molar-refractivity contribution in [2.24, 2.45) is 0 Å². The molecule has 0 aliphatic rings. The van der Waals surface area contributed by atoms with E-state index in [1.807, 2.05) is 0 Å². The van der Waals surface area contributed by atoms with E-state index in [0.29, 0.717) is 0 Å². The number of carbonyl (C=O) groups is 1. The summed E-state index contributed by atoms with van der Waals surface area (Å²) in [5.74, 6) is 0. The van der Waals surface area contributed by atoms with Crippen LogP contribution in [0.15, 0.2) is 18.3 Å². The van der Waals surface area contributed by atoms with Gasteiger partial charge in [0.05, 0.1) is 10.7 Å². The van der Waals surface area contributed by atoms with Gasteiger partial charge in [0, 0.05) is 12.7 Å². The van der Waals surface area contributed by atoms with Crippen LogP contribution in [0.5, 0.6) is 0 Å². The molecule has 1 aromatic heterocycles. The van der Waals surface area contributed by atoms with E-state index < -0.39 is 23.9 Å². The number of aliphatic hydroxyl groups is 2. The van der Waals surface area contributed by atoms with Gasteiger partial charge < -0.3 is 20.3 Å². The molecule has 1 rings (SSSR count). The number of carbonyl (C=O) groups excluding carboxylic acids is 1. The molecule has 0 aliphatic carbocycles. The molecular weight excluding hydrogens is 284 g/mol. The van der Waals surface area contributed by atoms with Crippen molar-refractivity contribution in [2.75, 3.05) is 6.54 Å². The maximum Gasteiger partial charge on any atom is 0.407 e. The minimum Gasteiger partial charge on any atom is -0.444 e. The second kappa shape index (κ2) is 6.88. The van der Waals surface area contributed by atoms with Gasteiger partial charge in [0.1, 0.15) is 17.8 Å². The normalized spacial score (nSPS) is 14.5. The minimum absolute atomic E-state index is 0.160. The third kappa shape index (κ3) is 5.32. The summed E-state index contributed by atoms with van der Waals surface area (Å²) in [5.41, 5.74) is -0.467. The van der Waals surface area contributed by atoms with Gasteiger partial charge in [0.15, 0.2) is 0 Å². The average Bonchev–Trinajstić information content (AvgIpc) is 2.33. The van der Waals surface area contributed by atoms with Crippen LogP contribution in [0.2, 0.25) is 5.02 Å². The summed E-state index contributed by atoms with van der Waals surface area (Å²) in [7, 11) is 0. The number of amides is 1. The smallest absolute Gasteiger partial charge is 0.407 e. The van der Waals surface area contributed by atoms with E-state index in [4.69, 9.17) is 16.3 Å². The quantitative estimate of drug-likeness (QED) is 0.786. The third-order valence-corrected chi connectivity index (χ3v) is 2.61. The molecular formula is C13H19ClN2O4. The molecule has 1 aromatic rings. The number of aromatic nitrogens is 1. The third-order valence-electron chi connectivity index (χ3n) is 2.29. The molecule has 1 amide bonds. The fraction of sp³-hybridized carbons (Fsp3) is 0.538. The van der Waals surface area contributed by atoms with E-state index in [1.165, 1.54) is 6.20 Å². The van der Waals surface area contributed by atoms with Gasteiger partial charge in [-0.1, -0.05) is 11.6 Å². The van der Waals surface area contributed by atoms with Crippen molar-refractivity contribution in [3.05, 3.63) is 29.0 Å². The SMILES string of the molecule is CC(C)(C)OC(=O)NCC(O)C(O)c1ncccc1Cl. The number of nitrogens with zero attached hydrogens (tertiary/aromatic N) is 1.